The maximum absolute atomic E-state index is 5.83. The largest absolute Gasteiger partial charge is 0.492 e. The second-order valence-electron chi connectivity index (χ2n) is 4.76. The zero-order valence-corrected chi connectivity index (χ0v) is 13.1. The smallest absolute Gasteiger partial charge is 0.133 e. The van der Waals surface area contributed by atoms with Crippen LogP contribution in [-0.2, 0) is 0 Å². The van der Waals surface area contributed by atoms with Crippen molar-refractivity contribution in [1.82, 2.24) is 0 Å². The molecule has 0 saturated heterocycles. The van der Waals surface area contributed by atoms with Crippen LogP contribution in [-0.4, -0.2) is 6.61 Å². The SMILES string of the molecule is CCCCCCCCOc1cc(C)c(N)cc1Br. The van der Waals surface area contributed by atoms with Crippen LogP contribution >= 0.6 is 15.9 Å². The van der Waals surface area contributed by atoms with Crippen LogP contribution in [0.3, 0.4) is 0 Å². The van der Waals surface area contributed by atoms with Crippen molar-refractivity contribution in [3.63, 3.8) is 0 Å². The third-order valence-electron chi connectivity index (χ3n) is 3.08. The Labute approximate surface area is 119 Å². The van der Waals surface area contributed by atoms with Crippen molar-refractivity contribution >= 4 is 21.6 Å². The van der Waals surface area contributed by atoms with Crippen LogP contribution in [0.15, 0.2) is 16.6 Å². The molecular weight excluding hydrogens is 290 g/mol. The van der Waals surface area contributed by atoms with Gasteiger partial charge in [-0.2, -0.15) is 0 Å². The molecule has 2 N–H and O–H groups in total. The van der Waals surface area contributed by atoms with E-state index in [-0.39, 0.29) is 0 Å². The maximum Gasteiger partial charge on any atom is 0.133 e. The second kappa shape index (κ2) is 8.41. The van der Waals surface area contributed by atoms with Crippen LogP contribution in [0.1, 0.15) is 51.0 Å². The zero-order chi connectivity index (χ0) is 13.4. The molecule has 0 fully saturated rings. The molecule has 1 aromatic rings. The van der Waals surface area contributed by atoms with Crippen molar-refractivity contribution in [2.24, 2.45) is 0 Å². The number of benzene rings is 1. The number of nitrogens with two attached hydrogens (primary N) is 1. The number of unbranched alkanes of at least 4 members (excludes halogenated alkanes) is 5. The number of halogens is 1. The third-order valence-corrected chi connectivity index (χ3v) is 3.70. The second-order valence-corrected chi connectivity index (χ2v) is 5.61. The summed E-state index contributed by atoms with van der Waals surface area (Å²) in [7, 11) is 0. The summed E-state index contributed by atoms with van der Waals surface area (Å²) in [5.74, 6) is 0.898. The average Bonchev–Trinajstić information content (AvgIpc) is 2.34. The van der Waals surface area contributed by atoms with E-state index >= 15 is 0 Å². The number of ether oxygens (including phenoxy) is 1. The van der Waals surface area contributed by atoms with E-state index in [4.69, 9.17) is 10.5 Å². The Morgan fingerprint density at radius 3 is 2.50 bits per heavy atom. The monoisotopic (exact) mass is 313 g/mol. The topological polar surface area (TPSA) is 35.2 Å². The summed E-state index contributed by atoms with van der Waals surface area (Å²) in [6.07, 6.45) is 7.70. The number of nitrogen functional groups attached to an aromatic ring is 1. The molecule has 0 bridgehead atoms. The van der Waals surface area contributed by atoms with E-state index in [9.17, 15) is 0 Å². The predicted molar refractivity (Wildman–Crippen MR) is 82.2 cm³/mol. The average molecular weight is 314 g/mol. The lowest BCUT2D eigenvalue weighted by molar-refractivity contribution is 0.302. The molecule has 0 amide bonds. The van der Waals surface area contributed by atoms with Crippen LogP contribution in [0, 0.1) is 6.92 Å². The molecule has 0 aliphatic carbocycles. The van der Waals surface area contributed by atoms with Crippen molar-refractivity contribution in [2.45, 2.75) is 52.4 Å². The van der Waals surface area contributed by atoms with E-state index in [1.165, 1.54) is 32.1 Å². The number of hydrogen-bond donors (Lipinski definition) is 1. The minimum atomic E-state index is 0.786. The number of rotatable bonds is 8. The molecule has 0 radical (unpaired) electrons. The molecule has 3 heteroatoms. The molecule has 1 rings (SSSR count). The van der Waals surface area contributed by atoms with Gasteiger partial charge in [-0.25, -0.2) is 0 Å². The van der Waals surface area contributed by atoms with Crippen molar-refractivity contribution in [2.75, 3.05) is 12.3 Å². The van der Waals surface area contributed by atoms with E-state index in [0.29, 0.717) is 0 Å². The Kier molecular flexibility index (Phi) is 7.18. The van der Waals surface area contributed by atoms with Crippen LogP contribution in [0.2, 0.25) is 0 Å². The summed E-state index contributed by atoms with van der Waals surface area (Å²) in [6, 6.07) is 3.91. The first kappa shape index (κ1) is 15.4. The molecule has 0 aliphatic heterocycles. The van der Waals surface area contributed by atoms with Crippen LogP contribution in [0.5, 0.6) is 5.75 Å². The van der Waals surface area contributed by atoms with Crippen molar-refractivity contribution in [3.8, 4) is 5.75 Å². The van der Waals surface area contributed by atoms with Gasteiger partial charge in [-0.3, -0.25) is 0 Å². The fraction of sp³-hybridized carbons (Fsp3) is 0.600. The Bertz CT molecular complexity index is 366. The van der Waals surface area contributed by atoms with Crippen LogP contribution < -0.4 is 10.5 Å². The summed E-state index contributed by atoms with van der Waals surface area (Å²) in [5, 5.41) is 0. The lowest BCUT2D eigenvalue weighted by atomic mass is 10.1. The number of aryl methyl sites for hydroxylation is 1. The Hall–Kier alpha value is -0.700. The number of anilines is 1. The van der Waals surface area contributed by atoms with Gasteiger partial charge in [0.1, 0.15) is 5.75 Å². The van der Waals surface area contributed by atoms with Gasteiger partial charge in [0.2, 0.25) is 0 Å². The van der Waals surface area contributed by atoms with Gasteiger partial charge in [0.15, 0.2) is 0 Å². The van der Waals surface area contributed by atoms with Crippen molar-refractivity contribution in [1.29, 1.82) is 0 Å². The molecular formula is C15H24BrNO. The normalized spacial score (nSPS) is 10.6. The minimum absolute atomic E-state index is 0.786. The predicted octanol–water partition coefficient (Wildman–Crippen LogP) is 5.08. The molecule has 1 aromatic carbocycles. The summed E-state index contributed by atoms with van der Waals surface area (Å²) in [4.78, 5) is 0. The van der Waals surface area contributed by atoms with Crippen LogP contribution in [0.4, 0.5) is 5.69 Å². The highest BCUT2D eigenvalue weighted by molar-refractivity contribution is 9.10. The first-order valence-electron chi connectivity index (χ1n) is 6.83. The van der Waals surface area contributed by atoms with Gasteiger partial charge < -0.3 is 10.5 Å². The number of hydrogen-bond acceptors (Lipinski definition) is 2. The highest BCUT2D eigenvalue weighted by Gasteiger charge is 2.04. The Morgan fingerprint density at radius 2 is 1.78 bits per heavy atom. The van der Waals surface area contributed by atoms with Crippen molar-refractivity contribution in [3.05, 3.63) is 22.2 Å². The summed E-state index contributed by atoms with van der Waals surface area (Å²) < 4.78 is 6.72. The summed E-state index contributed by atoms with van der Waals surface area (Å²) >= 11 is 3.48. The molecule has 102 valence electrons. The molecule has 0 heterocycles. The van der Waals surface area contributed by atoms with E-state index in [0.717, 1.165) is 34.5 Å². The summed E-state index contributed by atoms with van der Waals surface area (Å²) in [5.41, 5.74) is 7.69. The van der Waals surface area contributed by atoms with Gasteiger partial charge >= 0.3 is 0 Å². The first-order chi connectivity index (χ1) is 8.65. The standard InChI is InChI=1S/C15H24BrNO/c1-3-4-5-6-7-8-9-18-15-10-12(2)14(17)11-13(15)16/h10-11H,3-9,17H2,1-2H3. The van der Waals surface area contributed by atoms with Gasteiger partial charge in [-0.05, 0) is 47.0 Å². The first-order valence-corrected chi connectivity index (χ1v) is 7.63. The third kappa shape index (κ3) is 5.30. The van der Waals surface area contributed by atoms with Gasteiger partial charge in [0.05, 0.1) is 11.1 Å². The van der Waals surface area contributed by atoms with Gasteiger partial charge in [-0.15, -0.1) is 0 Å². The molecule has 2 nitrogen and oxygen atoms in total. The minimum Gasteiger partial charge on any atom is -0.492 e. The Balaban J connectivity index is 2.25. The highest BCUT2D eigenvalue weighted by Crippen LogP contribution is 2.29. The van der Waals surface area contributed by atoms with Crippen LogP contribution in [0.25, 0.3) is 0 Å². The van der Waals surface area contributed by atoms with Gasteiger partial charge in [-0.1, -0.05) is 39.0 Å². The van der Waals surface area contributed by atoms with E-state index in [2.05, 4.69) is 22.9 Å². The molecule has 0 aromatic heterocycles. The van der Waals surface area contributed by atoms with Gasteiger partial charge in [0.25, 0.3) is 0 Å². The fourth-order valence-corrected chi connectivity index (χ4v) is 2.32. The molecule has 0 unspecified atom stereocenters. The van der Waals surface area contributed by atoms with E-state index in [1.807, 2.05) is 19.1 Å². The highest BCUT2D eigenvalue weighted by atomic mass is 79.9. The van der Waals surface area contributed by atoms with Crippen molar-refractivity contribution < 1.29 is 4.74 Å². The van der Waals surface area contributed by atoms with Gasteiger partial charge in [0, 0.05) is 5.69 Å². The molecule has 0 aliphatic rings. The van der Waals surface area contributed by atoms with E-state index in [1.54, 1.807) is 0 Å². The lowest BCUT2D eigenvalue weighted by Crippen LogP contribution is -1.99. The molecule has 0 spiro atoms. The quantitative estimate of drug-likeness (QED) is 0.536. The maximum atomic E-state index is 5.83. The zero-order valence-electron chi connectivity index (χ0n) is 11.5. The lowest BCUT2D eigenvalue weighted by Gasteiger charge is -2.10. The van der Waals surface area contributed by atoms with E-state index < -0.39 is 0 Å². The molecule has 0 saturated carbocycles. The molecule has 18 heavy (non-hydrogen) atoms. The molecule has 0 atom stereocenters. The fourth-order valence-electron chi connectivity index (χ4n) is 1.85. The Morgan fingerprint density at radius 1 is 1.11 bits per heavy atom. The summed E-state index contributed by atoms with van der Waals surface area (Å²) in [6.45, 7) is 5.03.